The quantitative estimate of drug-likeness (QED) is 0.768. The van der Waals surface area contributed by atoms with Gasteiger partial charge in [-0.25, -0.2) is 0 Å². The van der Waals surface area contributed by atoms with Gasteiger partial charge in [0.05, 0.1) is 4.99 Å². The lowest BCUT2D eigenvalue weighted by Crippen LogP contribution is -2.32. The summed E-state index contributed by atoms with van der Waals surface area (Å²) in [6, 6.07) is 2.13. The van der Waals surface area contributed by atoms with Crippen molar-refractivity contribution in [2.75, 3.05) is 13.1 Å². The van der Waals surface area contributed by atoms with Crippen molar-refractivity contribution >= 4 is 17.2 Å². The van der Waals surface area contributed by atoms with Gasteiger partial charge in [-0.05, 0) is 24.6 Å². The highest BCUT2D eigenvalue weighted by Gasteiger charge is 2.05. The summed E-state index contributed by atoms with van der Waals surface area (Å²) in [6.07, 6.45) is 3.74. The Labute approximate surface area is 96.3 Å². The first kappa shape index (κ1) is 12.1. The molecule has 1 rings (SSSR count). The summed E-state index contributed by atoms with van der Waals surface area (Å²) in [5.41, 5.74) is 7.91. The topological polar surface area (TPSA) is 42.1 Å². The van der Waals surface area contributed by atoms with Crippen LogP contribution in [-0.2, 0) is 6.54 Å². The van der Waals surface area contributed by atoms with Gasteiger partial charge in [0.1, 0.15) is 0 Å². The fourth-order valence-corrected chi connectivity index (χ4v) is 1.64. The molecule has 1 heterocycles. The van der Waals surface area contributed by atoms with Crippen molar-refractivity contribution in [1.82, 2.24) is 9.88 Å². The highest BCUT2D eigenvalue weighted by Crippen LogP contribution is 2.05. The Balaban J connectivity index is 2.62. The fourth-order valence-electron chi connectivity index (χ4n) is 1.46. The molecule has 3 nitrogen and oxygen atoms in total. The summed E-state index contributed by atoms with van der Waals surface area (Å²) >= 11 is 4.90. The molecule has 0 unspecified atom stereocenters. The number of nitrogens with two attached hydrogens (primary N) is 1. The molecule has 82 valence electrons. The summed E-state index contributed by atoms with van der Waals surface area (Å²) in [7, 11) is 0. The van der Waals surface area contributed by atoms with Crippen LogP contribution < -0.4 is 5.73 Å². The van der Waals surface area contributed by atoms with E-state index in [1.807, 2.05) is 19.3 Å². The molecule has 0 spiro atoms. The number of aryl methyl sites for hydroxylation is 1. The van der Waals surface area contributed by atoms with Crippen LogP contribution in [0.2, 0.25) is 0 Å². The van der Waals surface area contributed by atoms with Crippen LogP contribution in [0.15, 0.2) is 18.5 Å². The normalized spacial score (nSPS) is 10.6. The second-order valence-electron chi connectivity index (χ2n) is 3.64. The molecular weight excluding hydrogens is 206 g/mol. The Kier molecular flexibility index (Phi) is 4.65. The van der Waals surface area contributed by atoms with Gasteiger partial charge in [-0.3, -0.25) is 9.88 Å². The second-order valence-corrected chi connectivity index (χ2v) is 4.16. The molecule has 0 atom stereocenters. The van der Waals surface area contributed by atoms with Crippen LogP contribution in [0.5, 0.6) is 0 Å². The van der Waals surface area contributed by atoms with Crippen molar-refractivity contribution in [3.05, 3.63) is 29.6 Å². The number of hydrogen-bond acceptors (Lipinski definition) is 3. The third-order valence-electron chi connectivity index (χ3n) is 2.16. The predicted molar refractivity (Wildman–Crippen MR) is 66.7 cm³/mol. The molecule has 0 aliphatic carbocycles. The monoisotopic (exact) mass is 223 g/mol. The highest BCUT2D eigenvalue weighted by atomic mass is 32.1. The summed E-state index contributed by atoms with van der Waals surface area (Å²) in [5.74, 6) is 0. The molecule has 4 heteroatoms. The third kappa shape index (κ3) is 4.36. The summed E-state index contributed by atoms with van der Waals surface area (Å²) in [6.45, 7) is 6.59. The Hall–Kier alpha value is -1.00. The Morgan fingerprint density at radius 1 is 1.53 bits per heavy atom. The lowest BCUT2D eigenvalue weighted by atomic mass is 10.2. The van der Waals surface area contributed by atoms with Gasteiger partial charge in [0.2, 0.25) is 0 Å². The van der Waals surface area contributed by atoms with Crippen LogP contribution in [0.4, 0.5) is 0 Å². The molecule has 0 saturated carbocycles. The molecule has 0 bridgehead atoms. The Bertz CT molecular complexity index is 338. The van der Waals surface area contributed by atoms with Gasteiger partial charge in [-0.1, -0.05) is 25.2 Å². The van der Waals surface area contributed by atoms with E-state index in [0.717, 1.165) is 13.1 Å². The van der Waals surface area contributed by atoms with Gasteiger partial charge in [0.25, 0.3) is 0 Å². The molecule has 1 aromatic rings. The number of hydrogen-bond donors (Lipinski definition) is 1. The molecule has 1 aromatic heterocycles. The maximum absolute atomic E-state index is 5.53. The minimum atomic E-state index is 0.539. The van der Waals surface area contributed by atoms with Crippen LogP contribution in [0.25, 0.3) is 0 Å². The zero-order valence-corrected chi connectivity index (χ0v) is 10.0. The van der Waals surface area contributed by atoms with Gasteiger partial charge >= 0.3 is 0 Å². The molecule has 0 radical (unpaired) electrons. The van der Waals surface area contributed by atoms with E-state index >= 15 is 0 Å². The van der Waals surface area contributed by atoms with Crippen molar-refractivity contribution in [2.45, 2.75) is 20.4 Å². The van der Waals surface area contributed by atoms with Gasteiger partial charge in [0, 0.05) is 25.5 Å². The minimum Gasteiger partial charge on any atom is -0.392 e. The second kappa shape index (κ2) is 5.78. The van der Waals surface area contributed by atoms with Crippen LogP contribution in [0, 0.1) is 6.92 Å². The van der Waals surface area contributed by atoms with Gasteiger partial charge in [-0.15, -0.1) is 0 Å². The molecule has 0 amide bonds. The fraction of sp³-hybridized carbons (Fsp3) is 0.455. The standard InChI is InChI=1S/C11H17N3S/c1-3-14(8-11(12)15)7-10-4-9(2)5-13-6-10/h4-6H,3,7-8H2,1-2H3,(H2,12,15). The Morgan fingerprint density at radius 3 is 2.80 bits per heavy atom. The van der Waals surface area contributed by atoms with Crippen molar-refractivity contribution in [2.24, 2.45) is 5.73 Å². The van der Waals surface area contributed by atoms with E-state index in [-0.39, 0.29) is 0 Å². The van der Waals surface area contributed by atoms with E-state index in [1.165, 1.54) is 11.1 Å². The minimum absolute atomic E-state index is 0.539. The maximum Gasteiger partial charge on any atom is 0.0870 e. The van der Waals surface area contributed by atoms with E-state index in [0.29, 0.717) is 11.5 Å². The van der Waals surface area contributed by atoms with Gasteiger partial charge in [-0.2, -0.15) is 0 Å². The summed E-state index contributed by atoms with van der Waals surface area (Å²) in [4.78, 5) is 6.89. The van der Waals surface area contributed by atoms with Crippen molar-refractivity contribution in [1.29, 1.82) is 0 Å². The summed E-state index contributed by atoms with van der Waals surface area (Å²) < 4.78 is 0. The van der Waals surface area contributed by atoms with Crippen LogP contribution >= 0.6 is 12.2 Å². The van der Waals surface area contributed by atoms with E-state index in [4.69, 9.17) is 18.0 Å². The first-order valence-electron chi connectivity index (χ1n) is 5.03. The zero-order chi connectivity index (χ0) is 11.3. The van der Waals surface area contributed by atoms with Gasteiger partial charge < -0.3 is 5.73 Å². The predicted octanol–water partition coefficient (Wildman–Crippen LogP) is 1.50. The number of likely N-dealkylation sites (N-methyl/N-ethyl adjacent to an activating group) is 1. The average molecular weight is 223 g/mol. The van der Waals surface area contributed by atoms with E-state index in [1.54, 1.807) is 0 Å². The van der Waals surface area contributed by atoms with Crippen LogP contribution in [-0.4, -0.2) is 28.0 Å². The number of rotatable bonds is 5. The van der Waals surface area contributed by atoms with Crippen molar-refractivity contribution < 1.29 is 0 Å². The van der Waals surface area contributed by atoms with Gasteiger partial charge in [0.15, 0.2) is 0 Å². The molecule has 0 fully saturated rings. The number of thiocarbonyl (C=S) groups is 1. The number of aromatic nitrogens is 1. The third-order valence-corrected chi connectivity index (χ3v) is 2.29. The van der Waals surface area contributed by atoms with E-state index in [2.05, 4.69) is 22.9 Å². The molecule has 0 aliphatic rings. The number of nitrogens with zero attached hydrogens (tertiary/aromatic N) is 2. The largest absolute Gasteiger partial charge is 0.392 e. The smallest absolute Gasteiger partial charge is 0.0870 e. The lowest BCUT2D eigenvalue weighted by molar-refractivity contribution is 0.320. The summed E-state index contributed by atoms with van der Waals surface area (Å²) in [5, 5.41) is 0. The first-order valence-corrected chi connectivity index (χ1v) is 5.44. The van der Waals surface area contributed by atoms with Crippen LogP contribution in [0.3, 0.4) is 0 Å². The molecule has 0 aliphatic heterocycles. The van der Waals surface area contributed by atoms with Crippen molar-refractivity contribution in [3.8, 4) is 0 Å². The molecule has 2 N–H and O–H groups in total. The SMILES string of the molecule is CCN(CC(N)=S)Cc1cncc(C)c1. The molecule has 0 aromatic carbocycles. The maximum atomic E-state index is 5.53. The highest BCUT2D eigenvalue weighted by molar-refractivity contribution is 7.80. The zero-order valence-electron chi connectivity index (χ0n) is 9.23. The molecule has 0 saturated heterocycles. The number of pyridine rings is 1. The Morgan fingerprint density at radius 2 is 2.27 bits per heavy atom. The van der Waals surface area contributed by atoms with Crippen LogP contribution in [0.1, 0.15) is 18.1 Å². The van der Waals surface area contributed by atoms with Crippen molar-refractivity contribution in [3.63, 3.8) is 0 Å². The average Bonchev–Trinajstić information content (AvgIpc) is 2.16. The van der Waals surface area contributed by atoms with E-state index < -0.39 is 0 Å². The lowest BCUT2D eigenvalue weighted by Gasteiger charge is -2.19. The van der Waals surface area contributed by atoms with E-state index in [9.17, 15) is 0 Å². The molecule has 15 heavy (non-hydrogen) atoms. The molecular formula is C11H17N3S. The first-order chi connectivity index (χ1) is 7.11.